The second-order valence-electron chi connectivity index (χ2n) is 7.74. The summed E-state index contributed by atoms with van der Waals surface area (Å²) in [6, 6.07) is 13.7. The van der Waals surface area contributed by atoms with E-state index in [4.69, 9.17) is 13.9 Å². The number of hydrogen-bond donors (Lipinski definition) is 0. The van der Waals surface area contributed by atoms with Crippen LogP contribution in [0.25, 0.3) is 11.0 Å². The van der Waals surface area contributed by atoms with E-state index in [0.29, 0.717) is 24.5 Å². The molecule has 0 unspecified atom stereocenters. The van der Waals surface area contributed by atoms with Gasteiger partial charge < -0.3 is 18.8 Å². The van der Waals surface area contributed by atoms with Gasteiger partial charge in [-0.3, -0.25) is 4.79 Å². The molecule has 0 aliphatic carbocycles. The molecule has 0 bridgehead atoms. The number of fused-ring (bicyclic) bond motifs is 1. The van der Waals surface area contributed by atoms with Gasteiger partial charge in [0.05, 0.1) is 18.4 Å². The van der Waals surface area contributed by atoms with E-state index in [0.717, 1.165) is 54.5 Å². The number of nitrogens with zero attached hydrogens (tertiary/aromatic N) is 1. The van der Waals surface area contributed by atoms with E-state index in [1.165, 1.54) is 0 Å². The highest BCUT2D eigenvalue weighted by Gasteiger charge is 2.19. The second kappa shape index (κ2) is 10.8. The third kappa shape index (κ3) is 5.86. The molecule has 0 fully saturated rings. The van der Waals surface area contributed by atoms with Crippen LogP contribution in [0, 0.1) is 0 Å². The van der Waals surface area contributed by atoms with Crippen LogP contribution in [0.3, 0.4) is 0 Å². The van der Waals surface area contributed by atoms with Crippen molar-refractivity contribution in [3.8, 4) is 11.5 Å². The van der Waals surface area contributed by atoms with Crippen molar-refractivity contribution in [2.75, 3.05) is 33.9 Å². The van der Waals surface area contributed by atoms with Gasteiger partial charge in [0, 0.05) is 18.0 Å². The fourth-order valence-electron chi connectivity index (χ4n) is 3.54. The van der Waals surface area contributed by atoms with E-state index in [2.05, 4.69) is 4.90 Å². The molecule has 1 heterocycles. The van der Waals surface area contributed by atoms with Crippen LogP contribution < -0.4 is 9.47 Å². The molecule has 1 aromatic heterocycles. The number of carbonyl (C=O) groups excluding carboxylic acids is 1. The Morgan fingerprint density at radius 3 is 2.53 bits per heavy atom. The number of unbranched alkanes of at least 4 members (excludes halogenated alkanes) is 2. The Morgan fingerprint density at radius 1 is 1.00 bits per heavy atom. The van der Waals surface area contributed by atoms with Crippen LogP contribution in [0.4, 0.5) is 0 Å². The normalized spacial score (nSPS) is 11.2. The van der Waals surface area contributed by atoms with Crippen molar-refractivity contribution in [3.63, 3.8) is 0 Å². The zero-order valence-corrected chi connectivity index (χ0v) is 18.1. The number of ether oxygens (including phenoxy) is 2. The maximum absolute atomic E-state index is 12.5. The quantitative estimate of drug-likeness (QED) is 0.297. The van der Waals surface area contributed by atoms with E-state index >= 15 is 0 Å². The number of rotatable bonds is 12. The molecule has 3 aromatic rings. The van der Waals surface area contributed by atoms with Gasteiger partial charge in [-0.2, -0.15) is 0 Å². The Labute approximate surface area is 178 Å². The third-order valence-corrected chi connectivity index (χ3v) is 5.06. The van der Waals surface area contributed by atoms with Gasteiger partial charge in [-0.1, -0.05) is 18.2 Å². The molecule has 0 saturated carbocycles. The highest BCUT2D eigenvalue weighted by atomic mass is 16.5. The minimum atomic E-state index is 0.0281. The predicted molar refractivity (Wildman–Crippen MR) is 120 cm³/mol. The van der Waals surface area contributed by atoms with Gasteiger partial charge in [0.2, 0.25) is 0 Å². The summed E-state index contributed by atoms with van der Waals surface area (Å²) in [5.74, 6) is 1.55. The van der Waals surface area contributed by atoms with Crippen LogP contribution in [-0.4, -0.2) is 44.5 Å². The molecule has 160 valence electrons. The van der Waals surface area contributed by atoms with E-state index in [9.17, 15) is 4.79 Å². The second-order valence-corrected chi connectivity index (χ2v) is 7.74. The summed E-state index contributed by atoms with van der Waals surface area (Å²) >= 11 is 0. The molecule has 5 nitrogen and oxygen atoms in total. The van der Waals surface area contributed by atoms with Crippen molar-refractivity contribution in [2.45, 2.75) is 32.6 Å². The molecule has 0 aliphatic rings. The summed E-state index contributed by atoms with van der Waals surface area (Å²) in [5, 5.41) is 1.00. The lowest BCUT2D eigenvalue weighted by Gasteiger charge is -2.16. The van der Waals surface area contributed by atoms with Crippen LogP contribution in [0.2, 0.25) is 0 Å². The Hall–Kier alpha value is -2.79. The number of likely N-dealkylation sites (N-methyl/N-ethyl adjacent to an activating group) is 1. The summed E-state index contributed by atoms with van der Waals surface area (Å²) in [7, 11) is 4.00. The molecule has 0 N–H and O–H groups in total. The SMILES string of the molecule is CC(=O)c1c(OCCN(C)C)cc2occc2c1CCCCCOc1ccccc1. The van der Waals surface area contributed by atoms with Gasteiger partial charge in [-0.25, -0.2) is 0 Å². The number of ketones is 1. The number of Topliss-reactive ketones (excluding diaryl/α,β-unsaturated/α-hetero) is 1. The van der Waals surface area contributed by atoms with E-state index < -0.39 is 0 Å². The smallest absolute Gasteiger partial charge is 0.163 e. The van der Waals surface area contributed by atoms with Crippen LogP contribution in [0.15, 0.2) is 53.1 Å². The third-order valence-electron chi connectivity index (χ3n) is 5.06. The Bertz CT molecular complexity index is 946. The number of hydrogen-bond acceptors (Lipinski definition) is 5. The zero-order chi connectivity index (χ0) is 21.3. The number of carbonyl (C=O) groups is 1. The molecule has 30 heavy (non-hydrogen) atoms. The lowest BCUT2D eigenvalue weighted by Crippen LogP contribution is -2.20. The highest BCUT2D eigenvalue weighted by Crippen LogP contribution is 2.33. The fourth-order valence-corrected chi connectivity index (χ4v) is 3.54. The summed E-state index contributed by atoms with van der Waals surface area (Å²) in [6.45, 7) is 3.61. The molecule has 5 heteroatoms. The van der Waals surface area contributed by atoms with Gasteiger partial charge in [0.25, 0.3) is 0 Å². The molecule has 2 aromatic carbocycles. The number of para-hydroxylation sites is 1. The first-order chi connectivity index (χ1) is 14.6. The molecule has 0 atom stereocenters. The molecule has 0 radical (unpaired) electrons. The summed E-state index contributed by atoms with van der Waals surface area (Å²) in [4.78, 5) is 14.6. The average molecular weight is 410 g/mol. The van der Waals surface area contributed by atoms with Crippen LogP contribution >= 0.6 is 0 Å². The van der Waals surface area contributed by atoms with Crippen LogP contribution in [0.1, 0.15) is 42.1 Å². The highest BCUT2D eigenvalue weighted by molar-refractivity contribution is 6.03. The predicted octanol–water partition coefficient (Wildman–Crippen LogP) is 5.37. The van der Waals surface area contributed by atoms with Gasteiger partial charge in [0.1, 0.15) is 23.7 Å². The topological polar surface area (TPSA) is 51.9 Å². The minimum absolute atomic E-state index is 0.0281. The lowest BCUT2D eigenvalue weighted by atomic mass is 9.94. The van der Waals surface area contributed by atoms with Gasteiger partial charge >= 0.3 is 0 Å². The minimum Gasteiger partial charge on any atom is -0.494 e. The first-order valence-corrected chi connectivity index (χ1v) is 10.6. The molecule has 0 amide bonds. The van der Waals surface area contributed by atoms with E-state index in [1.54, 1.807) is 13.2 Å². The van der Waals surface area contributed by atoms with Crippen molar-refractivity contribution in [1.29, 1.82) is 0 Å². The molecule has 0 saturated heterocycles. The average Bonchev–Trinajstić information content (AvgIpc) is 3.19. The van der Waals surface area contributed by atoms with Crippen molar-refractivity contribution in [2.24, 2.45) is 0 Å². The van der Waals surface area contributed by atoms with Crippen molar-refractivity contribution in [3.05, 3.63) is 59.9 Å². The monoisotopic (exact) mass is 409 g/mol. The first kappa shape index (κ1) is 21.9. The molecular formula is C25H31NO4. The van der Waals surface area contributed by atoms with E-state index in [-0.39, 0.29) is 5.78 Å². The number of benzene rings is 2. The first-order valence-electron chi connectivity index (χ1n) is 10.6. The molecule has 3 rings (SSSR count). The van der Waals surface area contributed by atoms with Crippen LogP contribution in [-0.2, 0) is 6.42 Å². The van der Waals surface area contributed by atoms with E-state index in [1.807, 2.05) is 56.6 Å². The maximum Gasteiger partial charge on any atom is 0.163 e. The van der Waals surface area contributed by atoms with Crippen LogP contribution in [0.5, 0.6) is 11.5 Å². The summed E-state index contributed by atoms with van der Waals surface area (Å²) < 4.78 is 17.4. The summed E-state index contributed by atoms with van der Waals surface area (Å²) in [6.07, 6.45) is 5.45. The van der Waals surface area contributed by atoms with Gasteiger partial charge in [0.15, 0.2) is 5.78 Å². The Morgan fingerprint density at radius 2 is 1.80 bits per heavy atom. The van der Waals surface area contributed by atoms with Crippen molar-refractivity contribution in [1.82, 2.24) is 4.90 Å². The maximum atomic E-state index is 12.5. The Kier molecular flexibility index (Phi) is 7.91. The molecule has 0 aliphatic heterocycles. The van der Waals surface area contributed by atoms with Gasteiger partial charge in [-0.15, -0.1) is 0 Å². The zero-order valence-electron chi connectivity index (χ0n) is 18.1. The number of aryl methyl sites for hydroxylation is 1. The summed E-state index contributed by atoms with van der Waals surface area (Å²) in [5.41, 5.74) is 2.48. The molecular weight excluding hydrogens is 378 g/mol. The fraction of sp³-hybridized carbons (Fsp3) is 0.400. The molecule has 0 spiro atoms. The standard InChI is InChI=1S/C25H31NO4/c1-19(27)25-22(12-8-5-9-15-28-20-10-6-4-7-11-20)21-13-16-29-23(21)18-24(25)30-17-14-26(2)3/h4,6-7,10-11,13,16,18H,5,8-9,12,14-15,17H2,1-3H3. The number of furan rings is 1. The largest absolute Gasteiger partial charge is 0.494 e. The Balaban J connectivity index is 1.64. The van der Waals surface area contributed by atoms with Gasteiger partial charge in [-0.05, 0) is 70.5 Å². The lowest BCUT2D eigenvalue weighted by molar-refractivity contribution is 0.101. The van der Waals surface area contributed by atoms with Crippen molar-refractivity contribution < 1.29 is 18.7 Å². The van der Waals surface area contributed by atoms with Crippen molar-refractivity contribution >= 4 is 16.8 Å².